The van der Waals surface area contributed by atoms with Gasteiger partial charge in [0.15, 0.2) is 23.1 Å². The molecule has 7 aromatic rings. The van der Waals surface area contributed by atoms with Crippen molar-refractivity contribution in [2.24, 2.45) is 0 Å². The highest BCUT2D eigenvalue weighted by Gasteiger charge is 2.15. The van der Waals surface area contributed by atoms with Crippen LogP contribution in [0.15, 0.2) is 138 Å². The predicted octanol–water partition coefficient (Wildman–Crippen LogP) is 8.35. The summed E-state index contributed by atoms with van der Waals surface area (Å²) in [6.07, 6.45) is 0. The van der Waals surface area contributed by atoms with Crippen molar-refractivity contribution in [3.8, 4) is 56.7 Å². The number of fused-ring (bicyclic) bond motifs is 1. The zero-order valence-electron chi connectivity index (χ0n) is 20.9. The van der Waals surface area contributed by atoms with Crippen molar-refractivity contribution in [3.63, 3.8) is 0 Å². The third kappa shape index (κ3) is 4.58. The Morgan fingerprint density at radius 2 is 0.795 bits per heavy atom. The molecule has 0 saturated carbocycles. The highest BCUT2D eigenvalue weighted by Crippen LogP contribution is 2.30. The van der Waals surface area contributed by atoms with Crippen LogP contribution < -0.4 is 0 Å². The van der Waals surface area contributed by atoms with E-state index in [0.29, 0.717) is 28.9 Å². The fourth-order valence-corrected chi connectivity index (χ4v) is 4.56. The standard InChI is InChI=1S/C34H22N4O/c1-4-10-23(11-5-1)24-16-18-26(19-17-24)32-36-31(25-12-6-2-7-13-25)37-33(38-32)28-20-21-30-29(22-28)35-34(39-30)27-14-8-3-9-15-27/h1-22H. The number of benzene rings is 5. The summed E-state index contributed by atoms with van der Waals surface area (Å²) in [5.41, 5.74) is 7.40. The van der Waals surface area contributed by atoms with Gasteiger partial charge in [0.2, 0.25) is 5.89 Å². The first-order valence-electron chi connectivity index (χ1n) is 12.7. The maximum atomic E-state index is 6.01. The van der Waals surface area contributed by atoms with Crippen molar-refractivity contribution >= 4 is 11.1 Å². The Balaban J connectivity index is 1.32. The Hall–Kier alpha value is -5.42. The summed E-state index contributed by atoms with van der Waals surface area (Å²) in [4.78, 5) is 19.3. The van der Waals surface area contributed by atoms with Gasteiger partial charge in [-0.05, 0) is 41.5 Å². The summed E-state index contributed by atoms with van der Waals surface area (Å²) in [5.74, 6) is 2.40. The van der Waals surface area contributed by atoms with Crippen LogP contribution >= 0.6 is 0 Å². The molecule has 0 unspecified atom stereocenters. The molecule has 2 heterocycles. The maximum absolute atomic E-state index is 6.01. The normalized spacial score (nSPS) is 11.1. The van der Waals surface area contributed by atoms with E-state index in [1.807, 2.05) is 97.1 Å². The second-order valence-corrected chi connectivity index (χ2v) is 9.18. The molecule has 0 radical (unpaired) electrons. The Labute approximate surface area is 225 Å². The molecular weight excluding hydrogens is 480 g/mol. The van der Waals surface area contributed by atoms with Crippen LogP contribution in [0.3, 0.4) is 0 Å². The van der Waals surface area contributed by atoms with E-state index < -0.39 is 0 Å². The molecule has 0 saturated heterocycles. The molecule has 5 heteroatoms. The third-order valence-corrected chi connectivity index (χ3v) is 6.58. The summed E-state index contributed by atoms with van der Waals surface area (Å²) >= 11 is 0. The van der Waals surface area contributed by atoms with Gasteiger partial charge in [-0.25, -0.2) is 19.9 Å². The van der Waals surface area contributed by atoms with Crippen molar-refractivity contribution in [2.75, 3.05) is 0 Å². The lowest BCUT2D eigenvalue weighted by Gasteiger charge is -2.09. The first-order valence-corrected chi connectivity index (χ1v) is 12.7. The summed E-state index contributed by atoms with van der Waals surface area (Å²) in [7, 11) is 0. The number of hydrogen-bond donors (Lipinski definition) is 0. The van der Waals surface area contributed by atoms with Gasteiger partial charge in [-0.15, -0.1) is 0 Å². The molecule has 0 amide bonds. The zero-order chi connectivity index (χ0) is 26.0. The van der Waals surface area contributed by atoms with Gasteiger partial charge < -0.3 is 4.42 Å². The van der Waals surface area contributed by atoms with Crippen molar-refractivity contribution < 1.29 is 4.42 Å². The molecule has 184 valence electrons. The molecule has 0 spiro atoms. The molecule has 0 aliphatic heterocycles. The lowest BCUT2D eigenvalue weighted by atomic mass is 10.0. The van der Waals surface area contributed by atoms with Gasteiger partial charge in [0.1, 0.15) is 5.52 Å². The van der Waals surface area contributed by atoms with Gasteiger partial charge in [0.05, 0.1) is 0 Å². The van der Waals surface area contributed by atoms with E-state index in [4.69, 9.17) is 24.4 Å². The zero-order valence-corrected chi connectivity index (χ0v) is 20.9. The average Bonchev–Trinajstić information content (AvgIpc) is 3.46. The first-order chi connectivity index (χ1) is 19.3. The molecule has 0 aliphatic carbocycles. The molecule has 7 rings (SSSR count). The lowest BCUT2D eigenvalue weighted by molar-refractivity contribution is 0.620. The second-order valence-electron chi connectivity index (χ2n) is 9.18. The molecule has 0 bridgehead atoms. The highest BCUT2D eigenvalue weighted by atomic mass is 16.3. The van der Waals surface area contributed by atoms with E-state index in [9.17, 15) is 0 Å². The lowest BCUT2D eigenvalue weighted by Crippen LogP contribution is -2.00. The molecule has 5 nitrogen and oxygen atoms in total. The molecule has 2 aromatic heterocycles. The minimum atomic E-state index is 0.581. The number of nitrogens with zero attached hydrogens (tertiary/aromatic N) is 4. The van der Waals surface area contributed by atoms with Crippen LogP contribution in [0.25, 0.3) is 67.8 Å². The van der Waals surface area contributed by atoms with Gasteiger partial charge in [-0.2, -0.15) is 0 Å². The van der Waals surface area contributed by atoms with Gasteiger partial charge in [-0.1, -0.05) is 103 Å². The monoisotopic (exact) mass is 502 g/mol. The summed E-state index contributed by atoms with van der Waals surface area (Å²) in [5, 5.41) is 0. The SMILES string of the molecule is c1ccc(-c2ccc(-c3nc(-c4ccccc4)nc(-c4ccc5oc(-c6ccccc6)nc5c4)n3)cc2)cc1. The maximum Gasteiger partial charge on any atom is 0.227 e. The summed E-state index contributed by atoms with van der Waals surface area (Å²) < 4.78 is 6.01. The molecule has 39 heavy (non-hydrogen) atoms. The number of hydrogen-bond acceptors (Lipinski definition) is 5. The second kappa shape index (κ2) is 9.80. The van der Waals surface area contributed by atoms with Crippen molar-refractivity contribution in [1.29, 1.82) is 0 Å². The van der Waals surface area contributed by atoms with E-state index in [2.05, 4.69) is 36.4 Å². The Morgan fingerprint density at radius 3 is 1.41 bits per heavy atom. The van der Waals surface area contributed by atoms with E-state index >= 15 is 0 Å². The smallest absolute Gasteiger partial charge is 0.227 e. The van der Waals surface area contributed by atoms with Crippen LogP contribution in [-0.4, -0.2) is 19.9 Å². The van der Waals surface area contributed by atoms with E-state index in [1.54, 1.807) is 0 Å². The molecule has 0 aliphatic rings. The van der Waals surface area contributed by atoms with Gasteiger partial charge in [0, 0.05) is 22.3 Å². The van der Waals surface area contributed by atoms with Crippen LogP contribution in [-0.2, 0) is 0 Å². The molecular formula is C34H22N4O. The minimum Gasteiger partial charge on any atom is -0.436 e. The van der Waals surface area contributed by atoms with E-state index in [0.717, 1.165) is 33.3 Å². The van der Waals surface area contributed by atoms with E-state index in [-0.39, 0.29) is 0 Å². The third-order valence-electron chi connectivity index (χ3n) is 6.58. The molecule has 5 aromatic carbocycles. The topological polar surface area (TPSA) is 64.7 Å². The average molecular weight is 503 g/mol. The van der Waals surface area contributed by atoms with Gasteiger partial charge in [0.25, 0.3) is 0 Å². The number of oxazole rings is 1. The van der Waals surface area contributed by atoms with Crippen LogP contribution in [0.2, 0.25) is 0 Å². The fraction of sp³-hybridized carbons (Fsp3) is 0. The van der Waals surface area contributed by atoms with Crippen LogP contribution in [0, 0.1) is 0 Å². The fourth-order valence-electron chi connectivity index (χ4n) is 4.56. The minimum absolute atomic E-state index is 0.581. The summed E-state index contributed by atoms with van der Waals surface area (Å²) in [6.45, 7) is 0. The van der Waals surface area contributed by atoms with Gasteiger partial charge in [-0.3, -0.25) is 0 Å². The van der Waals surface area contributed by atoms with Crippen LogP contribution in [0.5, 0.6) is 0 Å². The van der Waals surface area contributed by atoms with Crippen LogP contribution in [0.4, 0.5) is 0 Å². The summed E-state index contributed by atoms with van der Waals surface area (Å²) in [6, 6.07) is 44.4. The van der Waals surface area contributed by atoms with Crippen molar-refractivity contribution in [1.82, 2.24) is 19.9 Å². The Morgan fingerprint density at radius 1 is 0.359 bits per heavy atom. The van der Waals surface area contributed by atoms with Crippen molar-refractivity contribution in [3.05, 3.63) is 133 Å². The Kier molecular flexibility index (Phi) is 5.72. The highest BCUT2D eigenvalue weighted by molar-refractivity contribution is 5.81. The molecule has 0 fully saturated rings. The number of aromatic nitrogens is 4. The van der Waals surface area contributed by atoms with E-state index in [1.165, 1.54) is 5.56 Å². The largest absolute Gasteiger partial charge is 0.436 e. The number of rotatable bonds is 5. The molecule has 0 atom stereocenters. The molecule has 0 N–H and O–H groups in total. The quantitative estimate of drug-likeness (QED) is 0.237. The Bertz CT molecular complexity index is 1880. The first kappa shape index (κ1) is 22.8. The van der Waals surface area contributed by atoms with Crippen LogP contribution in [0.1, 0.15) is 0 Å². The van der Waals surface area contributed by atoms with Crippen molar-refractivity contribution in [2.45, 2.75) is 0 Å². The van der Waals surface area contributed by atoms with Gasteiger partial charge >= 0.3 is 0 Å². The predicted molar refractivity (Wildman–Crippen MR) is 155 cm³/mol.